The third-order valence-corrected chi connectivity index (χ3v) is 5.78. The smallest absolute Gasteiger partial charge is 0.408 e. The lowest BCUT2D eigenvalue weighted by atomic mass is 10.1. The normalized spacial score (nSPS) is 11.0. The fourth-order valence-electron chi connectivity index (χ4n) is 3.43. The highest BCUT2D eigenvalue weighted by Crippen LogP contribution is 2.28. The summed E-state index contributed by atoms with van der Waals surface area (Å²) in [5.41, 5.74) is 3.23. The van der Waals surface area contributed by atoms with Gasteiger partial charge in [0.25, 0.3) is 0 Å². The first-order valence-corrected chi connectivity index (χ1v) is 15.0. The minimum atomic E-state index is -3.26. The molecule has 0 bridgehead atoms. The Bertz CT molecular complexity index is 753. The predicted molar refractivity (Wildman–Crippen MR) is 173 cm³/mol. The number of unbranched alkanes of at least 4 members (excludes halogenated alkanes) is 5. The highest BCUT2D eigenvalue weighted by Gasteiger charge is 2.23. The number of anilines is 1. The van der Waals surface area contributed by atoms with Crippen molar-refractivity contribution in [2.24, 2.45) is 0 Å². The first-order valence-electron chi connectivity index (χ1n) is 14.4. The summed E-state index contributed by atoms with van der Waals surface area (Å²) in [4.78, 5) is 4.26. The quantitative estimate of drug-likeness (QED) is 0.122. The first-order chi connectivity index (χ1) is 18.6. The van der Waals surface area contributed by atoms with E-state index in [1.807, 2.05) is 32.7 Å². The van der Waals surface area contributed by atoms with Gasteiger partial charge in [-0.1, -0.05) is 80.1 Å². The molecule has 0 spiro atoms. The van der Waals surface area contributed by atoms with Crippen LogP contribution in [-0.2, 0) is 0 Å². The van der Waals surface area contributed by atoms with Crippen LogP contribution in [0.1, 0.15) is 99.8 Å². The van der Waals surface area contributed by atoms with Crippen molar-refractivity contribution in [2.75, 3.05) is 32.1 Å². The van der Waals surface area contributed by atoms with Gasteiger partial charge in [-0.05, 0) is 59.3 Å². The average molecular weight is 570 g/mol. The molecule has 1 rings (SSSR count). The van der Waals surface area contributed by atoms with Gasteiger partial charge in [0.05, 0.1) is 0 Å². The summed E-state index contributed by atoms with van der Waals surface area (Å²) in [7, 11) is 5.41. The molecule has 7 heteroatoms. The largest absolute Gasteiger partial charge is 0.430 e. The minimum absolute atomic E-state index is 0.129. The van der Waals surface area contributed by atoms with Crippen LogP contribution in [0.15, 0.2) is 47.9 Å². The van der Waals surface area contributed by atoms with Crippen molar-refractivity contribution in [3.63, 3.8) is 0 Å². The van der Waals surface area contributed by atoms with Crippen molar-refractivity contribution in [3.8, 4) is 18.6 Å². The first kappa shape index (κ1) is 41.2. The van der Waals surface area contributed by atoms with Crippen molar-refractivity contribution in [3.05, 3.63) is 47.9 Å². The van der Waals surface area contributed by atoms with Crippen LogP contribution >= 0.6 is 9.24 Å². The van der Waals surface area contributed by atoms with Crippen LogP contribution in [0, 0.1) is 12.8 Å². The van der Waals surface area contributed by atoms with Crippen LogP contribution < -0.4 is 15.0 Å². The van der Waals surface area contributed by atoms with Crippen LogP contribution in [0.3, 0.4) is 0 Å². The third kappa shape index (κ3) is 23.4. The van der Waals surface area contributed by atoms with Gasteiger partial charge in [-0.25, -0.2) is 0 Å². The number of alkyl halides is 2. The van der Waals surface area contributed by atoms with Crippen LogP contribution in [0.2, 0.25) is 0 Å². The van der Waals surface area contributed by atoms with Crippen LogP contribution in [0.4, 0.5) is 14.5 Å². The maximum absolute atomic E-state index is 12.9. The lowest BCUT2D eigenvalue weighted by Crippen LogP contribution is -2.21. The van der Waals surface area contributed by atoms with Crippen LogP contribution in [0.5, 0.6) is 5.75 Å². The van der Waals surface area contributed by atoms with Gasteiger partial charge in [0.2, 0.25) is 0 Å². The van der Waals surface area contributed by atoms with Gasteiger partial charge < -0.3 is 19.9 Å². The zero-order valence-electron chi connectivity index (χ0n) is 26.3. The number of rotatable bonds is 16. The zero-order valence-corrected chi connectivity index (χ0v) is 27.5. The summed E-state index contributed by atoms with van der Waals surface area (Å²) in [6, 6.07) is 6.58. The summed E-state index contributed by atoms with van der Waals surface area (Å²) >= 11 is 0. The van der Waals surface area contributed by atoms with Gasteiger partial charge in [0, 0.05) is 50.5 Å². The maximum Gasteiger partial charge on any atom is 0.408 e. The third-order valence-electron chi connectivity index (χ3n) is 5.66. The molecule has 0 aliphatic carbocycles. The highest BCUT2D eigenvalue weighted by molar-refractivity contribution is 7.17. The Morgan fingerprint density at radius 3 is 1.87 bits per heavy atom. The second-order valence-electron chi connectivity index (χ2n) is 8.80. The van der Waals surface area contributed by atoms with Gasteiger partial charge in [-0.15, -0.1) is 12.8 Å². The number of allylic oxidation sites excluding steroid dienone is 2. The van der Waals surface area contributed by atoms with E-state index in [9.17, 15) is 8.78 Å². The Morgan fingerprint density at radius 2 is 1.46 bits per heavy atom. The summed E-state index contributed by atoms with van der Waals surface area (Å²) in [6.07, 6.45) is 22.7. The van der Waals surface area contributed by atoms with Gasteiger partial charge in [-0.2, -0.15) is 8.78 Å². The fraction of sp³-hybridized carbons (Fsp3) is 0.625. The SMILES string of the molecule is C#C.CC.CCCCCCCC.CCCN(C)/C(=C/NC/C=C(/C)N(C)c1ccc(OC(F)(F)P)cc1)CC. The molecule has 0 radical (unpaired) electrons. The topological polar surface area (TPSA) is 27.7 Å². The lowest BCUT2D eigenvalue weighted by Gasteiger charge is -2.22. The molecule has 1 unspecified atom stereocenters. The molecule has 1 N–H and O–H groups in total. The molecule has 0 heterocycles. The lowest BCUT2D eigenvalue weighted by molar-refractivity contribution is -0.0892. The molecule has 39 heavy (non-hydrogen) atoms. The number of terminal acetylenes is 1. The number of hydrogen-bond acceptors (Lipinski definition) is 4. The van der Waals surface area contributed by atoms with E-state index in [4.69, 9.17) is 0 Å². The Morgan fingerprint density at radius 1 is 0.949 bits per heavy atom. The standard InChI is InChI=1S/C20H32F2N3OP.C8H18.C2H6.C2H2/c1-6-14-24(4)17(7-2)15-23-13-12-16(3)25(5)18-8-10-19(11-9-18)26-20(21,22)27;1-3-5-7-8-6-4-2;2*1-2/h8-12,15,23H,6-7,13-14,27H2,1-5H3;3-8H2,1-2H3;1-2H3;1-2H/b16-12-,17-15+;;;. The van der Waals surface area contributed by atoms with E-state index in [-0.39, 0.29) is 5.75 Å². The molecular formula is C32H58F2N3OP. The molecule has 0 amide bonds. The average Bonchev–Trinajstić information content (AvgIpc) is 2.93. The Kier molecular flexibility index (Phi) is 28.9. The van der Waals surface area contributed by atoms with Gasteiger partial charge in [0.1, 0.15) is 5.75 Å². The molecular weight excluding hydrogens is 511 g/mol. The van der Waals surface area contributed by atoms with Crippen molar-refractivity contribution < 1.29 is 13.5 Å². The second kappa shape index (κ2) is 27.3. The highest BCUT2D eigenvalue weighted by atomic mass is 31.0. The van der Waals surface area contributed by atoms with E-state index in [1.54, 1.807) is 12.1 Å². The van der Waals surface area contributed by atoms with Crippen LogP contribution in [-0.4, -0.2) is 37.9 Å². The zero-order chi connectivity index (χ0) is 30.7. The molecule has 226 valence electrons. The molecule has 0 saturated heterocycles. The van der Waals surface area contributed by atoms with Crippen molar-refractivity contribution in [1.82, 2.24) is 10.2 Å². The maximum atomic E-state index is 12.9. The number of benzene rings is 1. The molecule has 0 aromatic heterocycles. The predicted octanol–water partition coefficient (Wildman–Crippen LogP) is 9.66. The minimum Gasteiger partial charge on any atom is -0.430 e. The number of nitrogens with zero attached hydrogens (tertiary/aromatic N) is 2. The fourth-order valence-corrected chi connectivity index (χ4v) is 3.57. The number of halogens is 2. The van der Waals surface area contributed by atoms with E-state index < -0.39 is 5.85 Å². The van der Waals surface area contributed by atoms with E-state index in [1.165, 1.54) is 65.6 Å². The van der Waals surface area contributed by atoms with E-state index >= 15 is 0 Å². The van der Waals surface area contributed by atoms with Crippen LogP contribution in [0.25, 0.3) is 0 Å². The molecule has 4 nitrogen and oxygen atoms in total. The number of hydrogen-bond donors (Lipinski definition) is 1. The molecule has 1 atom stereocenters. The monoisotopic (exact) mass is 569 g/mol. The summed E-state index contributed by atoms with van der Waals surface area (Å²) in [6.45, 7) is 16.6. The Hall–Kier alpha value is -2.25. The van der Waals surface area contributed by atoms with Crippen molar-refractivity contribution in [2.45, 2.75) is 106 Å². The van der Waals surface area contributed by atoms with Crippen molar-refractivity contribution in [1.29, 1.82) is 0 Å². The molecule has 0 fully saturated rings. The molecule has 1 aromatic rings. The van der Waals surface area contributed by atoms with Gasteiger partial charge in [0.15, 0.2) is 0 Å². The second-order valence-corrected chi connectivity index (χ2v) is 9.47. The molecule has 0 saturated carbocycles. The summed E-state index contributed by atoms with van der Waals surface area (Å²) < 4.78 is 30.2. The van der Waals surface area contributed by atoms with Gasteiger partial charge in [-0.3, -0.25) is 0 Å². The Balaban J connectivity index is -0.000000911. The molecule has 0 aliphatic heterocycles. The number of ether oxygens (including phenoxy) is 1. The van der Waals surface area contributed by atoms with Crippen molar-refractivity contribution >= 4 is 14.9 Å². The molecule has 0 aliphatic rings. The molecule has 1 aromatic carbocycles. The summed E-state index contributed by atoms with van der Waals surface area (Å²) in [5, 5.41) is 3.34. The van der Waals surface area contributed by atoms with Gasteiger partial charge >= 0.3 is 5.85 Å². The summed E-state index contributed by atoms with van der Waals surface area (Å²) in [5.74, 6) is -3.13. The van der Waals surface area contributed by atoms with E-state index in [2.05, 4.69) is 74.8 Å². The van der Waals surface area contributed by atoms with E-state index in [0.29, 0.717) is 6.54 Å². The Labute approximate surface area is 242 Å². The number of nitrogens with one attached hydrogen (secondary N) is 1. The van der Waals surface area contributed by atoms with E-state index in [0.717, 1.165) is 30.8 Å².